The van der Waals surface area contributed by atoms with E-state index in [0.29, 0.717) is 17.9 Å². The molecule has 1 saturated carbocycles. The van der Waals surface area contributed by atoms with Crippen LogP contribution < -0.4 is 4.74 Å². The van der Waals surface area contributed by atoms with Gasteiger partial charge in [-0.05, 0) is 87.6 Å². The Hall–Kier alpha value is -2.25. The highest BCUT2D eigenvalue weighted by molar-refractivity contribution is 5.75. The summed E-state index contributed by atoms with van der Waals surface area (Å²) in [5.41, 5.74) is 2.27. The number of fused-ring (bicyclic) bond motifs is 1. The molecule has 1 aliphatic heterocycles. The van der Waals surface area contributed by atoms with Crippen molar-refractivity contribution in [1.29, 1.82) is 0 Å². The first-order valence-electron chi connectivity index (χ1n) is 14.1. The van der Waals surface area contributed by atoms with Crippen molar-refractivity contribution < 1.29 is 19.0 Å². The summed E-state index contributed by atoms with van der Waals surface area (Å²) in [6.45, 7) is 12.0. The van der Waals surface area contributed by atoms with Gasteiger partial charge in [0.2, 0.25) is 5.88 Å². The molecule has 37 heavy (non-hydrogen) atoms. The van der Waals surface area contributed by atoms with E-state index in [4.69, 9.17) is 14.2 Å². The van der Waals surface area contributed by atoms with E-state index in [2.05, 4.69) is 47.8 Å². The molecule has 0 radical (unpaired) electrons. The van der Waals surface area contributed by atoms with E-state index in [1.807, 2.05) is 19.2 Å². The SMILES string of the molecule is COC(C)CCOC(=O)C1CCN(Cc2cnc3nc(OC4CCC(C(C)(C)C)CC4)ccc3c2)CC1. The summed E-state index contributed by atoms with van der Waals surface area (Å²) in [7, 11) is 1.68. The summed E-state index contributed by atoms with van der Waals surface area (Å²) in [6.07, 6.45) is 9.30. The molecule has 2 aromatic heterocycles. The predicted octanol–water partition coefficient (Wildman–Crippen LogP) is 5.79. The van der Waals surface area contributed by atoms with E-state index in [9.17, 15) is 4.79 Å². The van der Waals surface area contributed by atoms with E-state index >= 15 is 0 Å². The van der Waals surface area contributed by atoms with Crippen LogP contribution in [0.3, 0.4) is 0 Å². The third kappa shape index (κ3) is 7.87. The number of nitrogens with zero attached hydrogens (tertiary/aromatic N) is 3. The lowest BCUT2D eigenvalue weighted by molar-refractivity contribution is -0.150. The highest BCUT2D eigenvalue weighted by Crippen LogP contribution is 2.38. The molecule has 1 aliphatic carbocycles. The maximum atomic E-state index is 12.4. The Morgan fingerprint density at radius 3 is 2.51 bits per heavy atom. The summed E-state index contributed by atoms with van der Waals surface area (Å²) in [5, 5.41) is 1.03. The van der Waals surface area contributed by atoms with Gasteiger partial charge < -0.3 is 14.2 Å². The first kappa shape index (κ1) is 27.8. The predicted molar refractivity (Wildman–Crippen MR) is 145 cm³/mol. The van der Waals surface area contributed by atoms with Crippen LogP contribution in [0.4, 0.5) is 0 Å². The monoisotopic (exact) mass is 511 g/mol. The summed E-state index contributed by atoms with van der Waals surface area (Å²) in [6, 6.07) is 6.22. The lowest BCUT2D eigenvalue weighted by Crippen LogP contribution is -2.36. The molecule has 7 heteroatoms. The van der Waals surface area contributed by atoms with Crippen LogP contribution in [0.1, 0.15) is 78.2 Å². The molecule has 2 fully saturated rings. The van der Waals surface area contributed by atoms with Crippen LogP contribution in [0.2, 0.25) is 0 Å². The summed E-state index contributed by atoms with van der Waals surface area (Å²) in [5.74, 6) is 1.38. The van der Waals surface area contributed by atoms with Crippen molar-refractivity contribution in [3.63, 3.8) is 0 Å². The minimum atomic E-state index is -0.0679. The molecule has 0 bridgehead atoms. The molecule has 0 aromatic carbocycles. The number of methoxy groups -OCH3 is 1. The van der Waals surface area contributed by atoms with Gasteiger partial charge in [0.1, 0.15) is 6.10 Å². The van der Waals surface area contributed by atoms with E-state index in [1.54, 1.807) is 7.11 Å². The van der Waals surface area contributed by atoms with Gasteiger partial charge in [-0.25, -0.2) is 4.98 Å². The Morgan fingerprint density at radius 1 is 1.11 bits per heavy atom. The number of rotatable bonds is 9. The second-order valence-corrected chi connectivity index (χ2v) is 12.1. The van der Waals surface area contributed by atoms with Crippen LogP contribution in [0.25, 0.3) is 11.0 Å². The first-order chi connectivity index (χ1) is 17.7. The van der Waals surface area contributed by atoms with Gasteiger partial charge in [0.15, 0.2) is 5.65 Å². The standard InChI is InChI=1S/C30H45N3O4/c1-21(35-5)14-17-36-29(34)23-12-15-33(16-13-23)20-22-18-24-6-11-27(32-28(24)31-19-22)37-26-9-7-25(8-10-26)30(2,3)4/h6,11,18-19,21,23,25-26H,7-10,12-17,20H2,1-5H3. The van der Waals surface area contributed by atoms with Crippen molar-refractivity contribution in [2.24, 2.45) is 17.3 Å². The summed E-state index contributed by atoms with van der Waals surface area (Å²) >= 11 is 0. The normalized spacial score (nSPS) is 22.6. The van der Waals surface area contributed by atoms with Gasteiger partial charge in [-0.3, -0.25) is 9.69 Å². The Morgan fingerprint density at radius 2 is 1.84 bits per heavy atom. The Kier molecular flexibility index (Phi) is 9.41. The number of aromatic nitrogens is 2. The van der Waals surface area contributed by atoms with Crippen LogP contribution >= 0.6 is 0 Å². The number of hydrogen-bond donors (Lipinski definition) is 0. The Labute approximate surface area is 222 Å². The van der Waals surface area contributed by atoms with Crippen molar-refractivity contribution in [2.75, 3.05) is 26.8 Å². The van der Waals surface area contributed by atoms with Crippen molar-refractivity contribution in [3.8, 4) is 5.88 Å². The Balaban J connectivity index is 1.24. The number of carbonyl (C=O) groups is 1. The van der Waals surface area contributed by atoms with Crippen molar-refractivity contribution >= 4 is 17.0 Å². The average Bonchev–Trinajstić information content (AvgIpc) is 2.89. The number of ether oxygens (including phenoxy) is 3. The number of carbonyl (C=O) groups excluding carboxylic acids is 1. The van der Waals surface area contributed by atoms with E-state index in [-0.39, 0.29) is 24.1 Å². The maximum Gasteiger partial charge on any atom is 0.309 e. The van der Waals surface area contributed by atoms with E-state index in [0.717, 1.165) is 74.3 Å². The third-order valence-corrected chi connectivity index (χ3v) is 8.26. The molecule has 3 heterocycles. The van der Waals surface area contributed by atoms with E-state index < -0.39 is 0 Å². The fraction of sp³-hybridized carbons (Fsp3) is 0.700. The zero-order valence-electron chi connectivity index (χ0n) is 23.4. The van der Waals surface area contributed by atoms with Gasteiger partial charge in [-0.15, -0.1) is 0 Å². The van der Waals surface area contributed by atoms with Crippen LogP contribution in [0.5, 0.6) is 5.88 Å². The number of pyridine rings is 2. The van der Waals surface area contributed by atoms with Crippen molar-refractivity contribution in [2.45, 2.75) is 91.4 Å². The second kappa shape index (κ2) is 12.5. The highest BCUT2D eigenvalue weighted by atomic mass is 16.5. The Bertz CT molecular complexity index is 1020. The van der Waals surface area contributed by atoms with Crippen molar-refractivity contribution in [3.05, 3.63) is 30.0 Å². The molecule has 1 saturated heterocycles. The van der Waals surface area contributed by atoms with Crippen LogP contribution in [0.15, 0.2) is 24.4 Å². The largest absolute Gasteiger partial charge is 0.474 e. The molecule has 1 unspecified atom stereocenters. The third-order valence-electron chi connectivity index (χ3n) is 8.26. The lowest BCUT2D eigenvalue weighted by atomic mass is 9.72. The van der Waals surface area contributed by atoms with Gasteiger partial charge >= 0.3 is 5.97 Å². The summed E-state index contributed by atoms with van der Waals surface area (Å²) < 4.78 is 16.9. The average molecular weight is 512 g/mol. The zero-order chi connectivity index (χ0) is 26.4. The van der Waals surface area contributed by atoms with Gasteiger partial charge in [0, 0.05) is 37.7 Å². The van der Waals surface area contributed by atoms with Crippen molar-refractivity contribution in [1.82, 2.24) is 14.9 Å². The minimum Gasteiger partial charge on any atom is -0.474 e. The quantitative estimate of drug-likeness (QED) is 0.394. The molecule has 7 nitrogen and oxygen atoms in total. The number of likely N-dealkylation sites (tertiary alicyclic amines) is 1. The topological polar surface area (TPSA) is 73.8 Å². The zero-order valence-corrected chi connectivity index (χ0v) is 23.4. The van der Waals surface area contributed by atoms with E-state index in [1.165, 1.54) is 12.8 Å². The second-order valence-electron chi connectivity index (χ2n) is 12.1. The van der Waals surface area contributed by atoms with Crippen LogP contribution in [-0.4, -0.2) is 59.9 Å². The molecular weight excluding hydrogens is 466 g/mol. The van der Waals surface area contributed by atoms with Crippen LogP contribution in [-0.2, 0) is 20.8 Å². The molecule has 1 atom stereocenters. The fourth-order valence-electron chi connectivity index (χ4n) is 5.55. The molecule has 4 rings (SSSR count). The van der Waals surface area contributed by atoms with Gasteiger partial charge in [0.25, 0.3) is 0 Å². The molecule has 0 N–H and O–H groups in total. The molecular formula is C30H45N3O4. The molecule has 2 aliphatic rings. The smallest absolute Gasteiger partial charge is 0.309 e. The van der Waals surface area contributed by atoms with Gasteiger partial charge in [0.05, 0.1) is 18.6 Å². The maximum absolute atomic E-state index is 12.4. The molecule has 2 aromatic rings. The number of piperidine rings is 1. The minimum absolute atomic E-state index is 0.00466. The first-order valence-corrected chi connectivity index (χ1v) is 14.1. The lowest BCUT2D eigenvalue weighted by Gasteiger charge is -2.36. The fourth-order valence-corrected chi connectivity index (χ4v) is 5.55. The van der Waals surface area contributed by atoms with Gasteiger partial charge in [-0.2, -0.15) is 4.98 Å². The number of esters is 1. The van der Waals surface area contributed by atoms with Crippen LogP contribution in [0, 0.1) is 17.3 Å². The summed E-state index contributed by atoms with van der Waals surface area (Å²) in [4.78, 5) is 24.1. The van der Waals surface area contributed by atoms with Gasteiger partial charge in [-0.1, -0.05) is 20.8 Å². The molecule has 204 valence electrons. The number of hydrogen-bond acceptors (Lipinski definition) is 7. The molecule has 0 spiro atoms. The molecule has 0 amide bonds. The highest BCUT2D eigenvalue weighted by Gasteiger charge is 2.30.